The van der Waals surface area contributed by atoms with Gasteiger partial charge in [0.25, 0.3) is 0 Å². The maximum atomic E-state index is 9.08. The van der Waals surface area contributed by atoms with Crippen molar-refractivity contribution in [3.05, 3.63) is 28.8 Å². The van der Waals surface area contributed by atoms with Crippen molar-refractivity contribution in [1.29, 1.82) is 5.26 Å². The minimum Gasteiger partial charge on any atom is -0.371 e. The molecule has 0 radical (unpaired) electrons. The molecule has 0 saturated carbocycles. The van der Waals surface area contributed by atoms with Gasteiger partial charge in [0.15, 0.2) is 0 Å². The quantitative estimate of drug-likeness (QED) is 0.800. The van der Waals surface area contributed by atoms with Crippen LogP contribution in [-0.2, 0) is 0 Å². The zero-order chi connectivity index (χ0) is 12.3. The fourth-order valence-corrected chi connectivity index (χ4v) is 1.74. The number of rotatable bonds is 3. The summed E-state index contributed by atoms with van der Waals surface area (Å²) < 4.78 is 0. The molecule has 0 N–H and O–H groups in total. The summed E-state index contributed by atoms with van der Waals surface area (Å²) in [6, 6.07) is 8.00. The molecule has 1 rings (SSSR count). The molecule has 1 aromatic rings. The largest absolute Gasteiger partial charge is 0.371 e. The van der Waals surface area contributed by atoms with Gasteiger partial charge < -0.3 is 4.90 Å². The molecular formula is C13H17ClN2. The molecule has 0 aliphatic heterocycles. The van der Waals surface area contributed by atoms with Gasteiger partial charge in [0.2, 0.25) is 0 Å². The Kier molecular flexibility index (Phi) is 4.20. The molecule has 0 aliphatic carbocycles. The highest BCUT2D eigenvalue weighted by Crippen LogP contribution is 2.25. The van der Waals surface area contributed by atoms with Crippen LogP contribution in [0.2, 0.25) is 5.02 Å². The fraction of sp³-hybridized carbons (Fsp3) is 0.462. The van der Waals surface area contributed by atoms with Crippen LogP contribution in [0.5, 0.6) is 0 Å². The normalized spacial score (nSPS) is 12.3. The molecule has 86 valence electrons. The van der Waals surface area contributed by atoms with E-state index in [0.29, 0.717) is 22.5 Å². The Balaban J connectivity index is 3.09. The number of benzene rings is 1. The van der Waals surface area contributed by atoms with Crippen LogP contribution in [-0.4, -0.2) is 13.1 Å². The van der Waals surface area contributed by atoms with Gasteiger partial charge in [-0.1, -0.05) is 25.4 Å². The Morgan fingerprint density at radius 1 is 1.31 bits per heavy atom. The summed E-state index contributed by atoms with van der Waals surface area (Å²) in [5.74, 6) is 0.534. The standard InChI is InChI=1S/C13H17ClN2/c1-9(2)10(3)16(4)13-6-5-12(14)7-11(13)8-15/h5-7,9-10H,1-4H3. The maximum absolute atomic E-state index is 9.08. The lowest BCUT2D eigenvalue weighted by atomic mass is 10.0. The monoisotopic (exact) mass is 236 g/mol. The molecule has 0 fully saturated rings. The molecule has 0 heterocycles. The Morgan fingerprint density at radius 2 is 1.94 bits per heavy atom. The maximum Gasteiger partial charge on any atom is 0.101 e. The third-order valence-electron chi connectivity index (χ3n) is 3.03. The highest BCUT2D eigenvalue weighted by molar-refractivity contribution is 6.30. The number of hydrogen-bond acceptors (Lipinski definition) is 2. The van der Waals surface area contributed by atoms with Gasteiger partial charge in [-0.3, -0.25) is 0 Å². The summed E-state index contributed by atoms with van der Waals surface area (Å²) in [6.07, 6.45) is 0. The van der Waals surface area contributed by atoms with Crippen molar-refractivity contribution in [2.24, 2.45) is 5.92 Å². The highest BCUT2D eigenvalue weighted by atomic mass is 35.5. The first-order valence-electron chi connectivity index (χ1n) is 5.40. The van der Waals surface area contributed by atoms with E-state index in [1.807, 2.05) is 19.2 Å². The van der Waals surface area contributed by atoms with E-state index in [2.05, 4.69) is 31.7 Å². The Hall–Kier alpha value is -1.20. The van der Waals surface area contributed by atoms with Crippen LogP contribution in [0.4, 0.5) is 5.69 Å². The SMILES string of the molecule is CC(C)C(C)N(C)c1ccc(Cl)cc1C#N. The van der Waals surface area contributed by atoms with Crippen molar-refractivity contribution in [2.75, 3.05) is 11.9 Å². The molecule has 1 atom stereocenters. The highest BCUT2D eigenvalue weighted by Gasteiger charge is 2.16. The first-order valence-corrected chi connectivity index (χ1v) is 5.77. The lowest BCUT2D eigenvalue weighted by molar-refractivity contribution is 0.505. The molecule has 0 saturated heterocycles. The van der Waals surface area contributed by atoms with Crippen molar-refractivity contribution < 1.29 is 0 Å². The summed E-state index contributed by atoms with van der Waals surface area (Å²) in [7, 11) is 2.01. The third-order valence-corrected chi connectivity index (χ3v) is 3.27. The molecule has 16 heavy (non-hydrogen) atoms. The molecular weight excluding hydrogens is 220 g/mol. The van der Waals surface area contributed by atoms with Crippen LogP contribution >= 0.6 is 11.6 Å². The van der Waals surface area contributed by atoms with Crippen molar-refractivity contribution in [1.82, 2.24) is 0 Å². The van der Waals surface area contributed by atoms with Gasteiger partial charge in [0.05, 0.1) is 11.3 Å². The Labute approximate surface area is 102 Å². The van der Waals surface area contributed by atoms with Crippen LogP contribution < -0.4 is 4.90 Å². The Bertz CT molecular complexity index is 407. The fourth-order valence-electron chi connectivity index (χ4n) is 1.57. The van der Waals surface area contributed by atoms with Gasteiger partial charge in [0, 0.05) is 18.1 Å². The number of hydrogen-bond donors (Lipinski definition) is 0. The second kappa shape index (κ2) is 5.23. The third kappa shape index (κ3) is 2.68. The summed E-state index contributed by atoms with van der Waals surface area (Å²) in [5.41, 5.74) is 1.57. The summed E-state index contributed by atoms with van der Waals surface area (Å²) in [4.78, 5) is 2.12. The van der Waals surface area contributed by atoms with E-state index < -0.39 is 0 Å². The number of anilines is 1. The number of nitriles is 1. The average molecular weight is 237 g/mol. The van der Waals surface area contributed by atoms with Gasteiger partial charge >= 0.3 is 0 Å². The van der Waals surface area contributed by atoms with Crippen LogP contribution in [0.1, 0.15) is 26.3 Å². The van der Waals surface area contributed by atoms with E-state index in [0.717, 1.165) is 5.69 Å². The van der Waals surface area contributed by atoms with Crippen molar-refractivity contribution >= 4 is 17.3 Å². The molecule has 2 nitrogen and oxygen atoms in total. The van der Waals surface area contributed by atoms with Crippen molar-refractivity contribution in [3.8, 4) is 6.07 Å². The smallest absolute Gasteiger partial charge is 0.101 e. The molecule has 3 heteroatoms. The summed E-state index contributed by atoms with van der Waals surface area (Å²) >= 11 is 5.87. The molecule has 0 spiro atoms. The van der Waals surface area contributed by atoms with Gasteiger partial charge in [-0.2, -0.15) is 5.26 Å². The van der Waals surface area contributed by atoms with Gasteiger partial charge in [-0.25, -0.2) is 0 Å². The van der Waals surface area contributed by atoms with Gasteiger partial charge in [0.1, 0.15) is 6.07 Å². The first kappa shape index (κ1) is 12.9. The molecule has 1 unspecified atom stereocenters. The summed E-state index contributed by atoms with van der Waals surface area (Å²) in [6.45, 7) is 6.49. The van der Waals surface area contributed by atoms with Crippen molar-refractivity contribution in [3.63, 3.8) is 0 Å². The van der Waals surface area contributed by atoms with Gasteiger partial charge in [-0.15, -0.1) is 0 Å². The van der Waals surface area contributed by atoms with E-state index in [1.165, 1.54) is 0 Å². The predicted molar refractivity (Wildman–Crippen MR) is 68.9 cm³/mol. The van der Waals surface area contributed by atoms with E-state index in [9.17, 15) is 0 Å². The van der Waals surface area contributed by atoms with Gasteiger partial charge in [-0.05, 0) is 31.0 Å². The molecule has 0 amide bonds. The second-order valence-corrected chi connectivity index (χ2v) is 4.81. The van der Waals surface area contributed by atoms with E-state index in [-0.39, 0.29) is 0 Å². The molecule has 0 aliphatic rings. The first-order chi connectivity index (χ1) is 7.47. The predicted octanol–water partition coefficient (Wildman–Crippen LogP) is 3.69. The van der Waals surface area contributed by atoms with Crippen LogP contribution in [0.3, 0.4) is 0 Å². The second-order valence-electron chi connectivity index (χ2n) is 4.37. The van der Waals surface area contributed by atoms with Crippen molar-refractivity contribution in [2.45, 2.75) is 26.8 Å². The minimum absolute atomic E-state index is 0.383. The van der Waals surface area contributed by atoms with E-state index in [4.69, 9.17) is 16.9 Å². The van der Waals surface area contributed by atoms with Crippen LogP contribution in [0, 0.1) is 17.2 Å². The summed E-state index contributed by atoms with van der Waals surface area (Å²) in [5, 5.41) is 9.68. The zero-order valence-electron chi connectivity index (χ0n) is 10.2. The van der Waals surface area contributed by atoms with E-state index in [1.54, 1.807) is 6.07 Å². The Morgan fingerprint density at radius 3 is 2.44 bits per heavy atom. The number of halogens is 1. The number of nitrogens with zero attached hydrogens (tertiary/aromatic N) is 2. The lowest BCUT2D eigenvalue weighted by Gasteiger charge is -2.30. The molecule has 0 aromatic heterocycles. The topological polar surface area (TPSA) is 27.0 Å². The molecule has 1 aromatic carbocycles. The lowest BCUT2D eigenvalue weighted by Crippen LogP contribution is -2.33. The van der Waals surface area contributed by atoms with Crippen LogP contribution in [0.25, 0.3) is 0 Å². The zero-order valence-corrected chi connectivity index (χ0v) is 10.9. The average Bonchev–Trinajstić information content (AvgIpc) is 2.26. The van der Waals surface area contributed by atoms with Crippen LogP contribution in [0.15, 0.2) is 18.2 Å². The minimum atomic E-state index is 0.383. The van der Waals surface area contributed by atoms with E-state index >= 15 is 0 Å². The molecule has 0 bridgehead atoms.